The molecule has 6 aliphatic carbocycles. The number of urea groups is 1. The first-order valence-electron chi connectivity index (χ1n) is 14.1. The molecule has 2 bridgehead atoms. The van der Waals surface area contributed by atoms with Crippen LogP contribution >= 0.6 is 0 Å². The Morgan fingerprint density at radius 2 is 1.68 bits per heavy atom. The molecule has 4 heterocycles. The minimum atomic E-state index is -4.28. The summed E-state index contributed by atoms with van der Waals surface area (Å²) in [5, 5.41) is 12.8. The number of hydrogen-bond donors (Lipinski definition) is 1. The first-order chi connectivity index (χ1) is 18.1. The Bertz CT molecular complexity index is 1320. The number of H-pyrrole nitrogens is 1. The number of aromatic amines is 1. The fourth-order valence-electron chi connectivity index (χ4n) is 8.54. The first kappa shape index (κ1) is 22.2. The van der Waals surface area contributed by atoms with Crippen LogP contribution in [0.4, 0.5) is 18.0 Å². The summed E-state index contributed by atoms with van der Waals surface area (Å²) in [6.45, 7) is 3.27. The van der Waals surface area contributed by atoms with Gasteiger partial charge in [0.1, 0.15) is 23.4 Å². The molecular weight excluding hydrogens is 497 g/mol. The third kappa shape index (κ3) is 2.76. The topological polar surface area (TPSA) is 95.8 Å². The fourth-order valence-corrected chi connectivity index (χ4v) is 8.54. The molecule has 10 rings (SSSR count). The van der Waals surface area contributed by atoms with Gasteiger partial charge < -0.3 is 14.8 Å². The van der Waals surface area contributed by atoms with Gasteiger partial charge in [0.15, 0.2) is 5.82 Å². The molecule has 8 fully saturated rings. The van der Waals surface area contributed by atoms with E-state index >= 15 is 0 Å². The smallest absolute Gasteiger partial charge is 0.328 e. The van der Waals surface area contributed by atoms with Gasteiger partial charge in [0.05, 0.1) is 6.04 Å². The molecule has 1 N–H and O–H groups in total. The van der Waals surface area contributed by atoms with E-state index in [-0.39, 0.29) is 40.9 Å². The number of halogens is 3. The number of carbonyl (C=O) groups excluding carboxylic acids is 1. The van der Waals surface area contributed by atoms with Crippen LogP contribution in [0.1, 0.15) is 87.2 Å². The van der Waals surface area contributed by atoms with Crippen LogP contribution in [0, 0.1) is 16.7 Å². The molecule has 2 aliphatic heterocycles. The van der Waals surface area contributed by atoms with E-state index in [1.54, 1.807) is 0 Å². The number of nitrogens with zero attached hydrogens (tertiary/aromatic N) is 7. The molecule has 9 nitrogen and oxygen atoms in total. The highest BCUT2D eigenvalue weighted by molar-refractivity contribution is 5.76. The third-order valence-electron chi connectivity index (χ3n) is 11.3. The number of hydrogen-bond acceptors (Lipinski definition) is 5. The Kier molecular flexibility index (Phi) is 3.82. The quantitative estimate of drug-likeness (QED) is 0.639. The maximum atomic E-state index is 13.5. The molecule has 1 spiro atoms. The molecule has 2 aromatic heterocycles. The lowest BCUT2D eigenvalue weighted by Crippen LogP contribution is -2.75. The van der Waals surface area contributed by atoms with E-state index in [1.165, 1.54) is 12.8 Å². The lowest BCUT2D eigenvalue weighted by molar-refractivity contribution is -0.211. The van der Waals surface area contributed by atoms with E-state index in [0.717, 1.165) is 64.1 Å². The van der Waals surface area contributed by atoms with Crippen LogP contribution < -0.4 is 0 Å². The van der Waals surface area contributed by atoms with Crippen molar-refractivity contribution in [3.63, 3.8) is 0 Å². The Morgan fingerprint density at radius 3 is 2.32 bits per heavy atom. The van der Waals surface area contributed by atoms with Crippen molar-refractivity contribution in [1.29, 1.82) is 0 Å². The van der Waals surface area contributed by atoms with Crippen molar-refractivity contribution in [3.8, 4) is 0 Å². The van der Waals surface area contributed by atoms with Crippen LogP contribution in [0.5, 0.6) is 0 Å². The molecule has 0 unspecified atom stereocenters. The van der Waals surface area contributed by atoms with E-state index in [4.69, 9.17) is 0 Å². The van der Waals surface area contributed by atoms with Crippen LogP contribution in [-0.4, -0.2) is 78.1 Å². The van der Waals surface area contributed by atoms with E-state index in [1.807, 2.05) is 20.8 Å². The molecule has 0 aromatic carbocycles. The van der Waals surface area contributed by atoms with Crippen LogP contribution in [0.3, 0.4) is 0 Å². The summed E-state index contributed by atoms with van der Waals surface area (Å²) >= 11 is 0. The fraction of sp³-hybridized carbons (Fsp3) is 0.808. The molecule has 2 saturated heterocycles. The molecular formula is C26H31F3N8O. The molecule has 202 valence electrons. The number of likely N-dealkylation sites (tertiary alicyclic amines) is 2. The second-order valence-corrected chi connectivity index (χ2v) is 13.9. The van der Waals surface area contributed by atoms with Gasteiger partial charge in [0, 0.05) is 42.9 Å². The van der Waals surface area contributed by atoms with Gasteiger partial charge in [-0.1, -0.05) is 0 Å². The third-order valence-corrected chi connectivity index (χ3v) is 11.3. The van der Waals surface area contributed by atoms with Gasteiger partial charge in [-0.05, 0) is 69.1 Å². The van der Waals surface area contributed by atoms with Gasteiger partial charge in [-0.3, -0.25) is 0 Å². The molecule has 38 heavy (non-hydrogen) atoms. The number of amides is 2. The SMILES string of the molecule is O=C(N1CC(C23CC(c4nnc(C5(C(F)(F)F)CC5)[nH]4)(C2)C3)C1)N1CC2(CC(n3cnc(C4CC4)n3)C2)C1. The Balaban J connectivity index is 0.757. The summed E-state index contributed by atoms with van der Waals surface area (Å²) < 4.78 is 42.4. The maximum absolute atomic E-state index is 13.5. The lowest BCUT2D eigenvalue weighted by Gasteiger charge is -2.74. The number of carbonyl (C=O) groups is 1. The van der Waals surface area contributed by atoms with Gasteiger partial charge in [0.2, 0.25) is 0 Å². The van der Waals surface area contributed by atoms with Crippen molar-refractivity contribution in [2.75, 3.05) is 26.2 Å². The lowest BCUT2D eigenvalue weighted by atomic mass is 9.31. The highest BCUT2D eigenvalue weighted by atomic mass is 19.4. The van der Waals surface area contributed by atoms with Crippen molar-refractivity contribution in [2.45, 2.75) is 86.8 Å². The van der Waals surface area contributed by atoms with Crippen molar-refractivity contribution < 1.29 is 18.0 Å². The summed E-state index contributed by atoms with van der Waals surface area (Å²) in [7, 11) is 0. The van der Waals surface area contributed by atoms with E-state index < -0.39 is 11.6 Å². The predicted molar refractivity (Wildman–Crippen MR) is 126 cm³/mol. The van der Waals surface area contributed by atoms with Crippen LogP contribution in [-0.2, 0) is 10.8 Å². The van der Waals surface area contributed by atoms with Crippen LogP contribution in [0.25, 0.3) is 0 Å². The Labute approximate surface area is 217 Å². The standard InChI is InChI=1S/C26H31F3N8O/c27-26(28,29)25(3-4-25)20-31-19(32-33-20)24-9-23(10-24,11-24)16-7-35(8-16)21(38)36-12-22(13-36)5-17(6-22)37-14-30-18(34-37)15-1-2-15/h14-17H,1-13H2,(H,31,32,33). The second kappa shape index (κ2) is 6.55. The minimum Gasteiger partial charge on any atom is -0.328 e. The molecule has 2 amide bonds. The molecule has 12 heteroatoms. The minimum absolute atomic E-state index is 0.00593. The molecule has 2 aromatic rings. The summed E-state index contributed by atoms with van der Waals surface area (Å²) in [5.74, 6) is 2.69. The second-order valence-electron chi connectivity index (χ2n) is 13.9. The number of aromatic nitrogens is 6. The van der Waals surface area contributed by atoms with E-state index in [0.29, 0.717) is 23.7 Å². The highest BCUT2D eigenvalue weighted by Gasteiger charge is 2.74. The van der Waals surface area contributed by atoms with Crippen LogP contribution in [0.2, 0.25) is 0 Å². The van der Waals surface area contributed by atoms with Gasteiger partial charge >= 0.3 is 12.2 Å². The first-order valence-corrected chi connectivity index (χ1v) is 14.1. The van der Waals surface area contributed by atoms with Crippen molar-refractivity contribution in [1.82, 2.24) is 39.7 Å². The monoisotopic (exact) mass is 528 g/mol. The van der Waals surface area contributed by atoms with Crippen molar-refractivity contribution in [3.05, 3.63) is 23.8 Å². The Morgan fingerprint density at radius 1 is 1.00 bits per heavy atom. The summed E-state index contributed by atoms with van der Waals surface area (Å²) in [4.78, 5) is 24.5. The number of alkyl halides is 3. The summed E-state index contributed by atoms with van der Waals surface area (Å²) in [6.07, 6.45) is 5.20. The zero-order valence-corrected chi connectivity index (χ0v) is 21.2. The molecule has 0 radical (unpaired) electrons. The number of nitrogens with one attached hydrogen (secondary N) is 1. The van der Waals surface area contributed by atoms with Crippen molar-refractivity contribution in [2.24, 2.45) is 16.7 Å². The van der Waals surface area contributed by atoms with Gasteiger partial charge in [-0.2, -0.15) is 18.3 Å². The summed E-state index contributed by atoms with van der Waals surface area (Å²) in [5.41, 5.74) is -1.46. The molecule has 8 aliphatic rings. The van der Waals surface area contributed by atoms with Crippen molar-refractivity contribution >= 4 is 6.03 Å². The Hall–Kier alpha value is -2.66. The zero-order valence-electron chi connectivity index (χ0n) is 21.2. The normalized spacial score (nSPS) is 34.7. The summed E-state index contributed by atoms with van der Waals surface area (Å²) in [6, 6.07) is 0.580. The van der Waals surface area contributed by atoms with E-state index in [2.05, 4.69) is 25.3 Å². The maximum Gasteiger partial charge on any atom is 0.401 e. The zero-order chi connectivity index (χ0) is 25.7. The van der Waals surface area contributed by atoms with Crippen LogP contribution in [0.15, 0.2) is 6.33 Å². The highest BCUT2D eigenvalue weighted by Crippen LogP contribution is 2.77. The van der Waals surface area contributed by atoms with Gasteiger partial charge in [0.25, 0.3) is 0 Å². The molecule has 6 saturated carbocycles. The average Bonchev–Trinajstić information content (AvgIpc) is 3.64. The van der Waals surface area contributed by atoms with Gasteiger partial charge in [-0.25, -0.2) is 14.5 Å². The number of rotatable bonds is 5. The van der Waals surface area contributed by atoms with E-state index in [9.17, 15) is 18.0 Å². The molecule has 0 atom stereocenters. The largest absolute Gasteiger partial charge is 0.401 e. The van der Waals surface area contributed by atoms with Gasteiger partial charge in [-0.15, -0.1) is 10.2 Å². The average molecular weight is 529 g/mol. The predicted octanol–water partition coefficient (Wildman–Crippen LogP) is 3.68.